The lowest BCUT2D eigenvalue weighted by Gasteiger charge is -2.32. The van der Waals surface area contributed by atoms with E-state index >= 15 is 0 Å². The van der Waals surface area contributed by atoms with Crippen LogP contribution in [-0.4, -0.2) is 43.1 Å². The highest BCUT2D eigenvalue weighted by Gasteiger charge is 2.24. The summed E-state index contributed by atoms with van der Waals surface area (Å²) < 4.78 is 0. The molecule has 1 aliphatic heterocycles. The second kappa shape index (κ2) is 4.55. The summed E-state index contributed by atoms with van der Waals surface area (Å²) in [6.07, 6.45) is 3.49. The van der Waals surface area contributed by atoms with E-state index in [2.05, 4.69) is 16.8 Å². The van der Waals surface area contributed by atoms with Crippen LogP contribution in [0.25, 0.3) is 0 Å². The number of hydrogen-bond acceptors (Lipinski definition) is 5. The van der Waals surface area contributed by atoms with Gasteiger partial charge in [-0.3, -0.25) is 0 Å². The zero-order valence-corrected chi connectivity index (χ0v) is 11.2. The number of rotatable bonds is 1. The summed E-state index contributed by atoms with van der Waals surface area (Å²) in [5.41, 5.74) is 7.30. The predicted octanol–water partition coefficient (Wildman–Crippen LogP) is 1.23. The first-order valence-electron chi connectivity index (χ1n) is 6.43. The van der Waals surface area contributed by atoms with E-state index in [1.165, 1.54) is 28.5 Å². The Labute approximate surface area is 106 Å². The summed E-state index contributed by atoms with van der Waals surface area (Å²) in [6.45, 7) is 4.46. The normalized spacial score (nSPS) is 26.0. The van der Waals surface area contributed by atoms with E-state index in [4.69, 9.17) is 10.7 Å². The van der Waals surface area contributed by atoms with Gasteiger partial charge in [-0.15, -0.1) is 11.3 Å². The van der Waals surface area contributed by atoms with Gasteiger partial charge in [0.15, 0.2) is 5.13 Å². The van der Waals surface area contributed by atoms with Gasteiger partial charge in [0.1, 0.15) is 0 Å². The Balaban J connectivity index is 1.80. The van der Waals surface area contributed by atoms with Crippen LogP contribution in [0, 0.1) is 0 Å². The van der Waals surface area contributed by atoms with Crippen molar-refractivity contribution in [3.63, 3.8) is 0 Å². The quantitative estimate of drug-likeness (QED) is 0.816. The van der Waals surface area contributed by atoms with Gasteiger partial charge in [0.25, 0.3) is 0 Å². The summed E-state index contributed by atoms with van der Waals surface area (Å²) in [4.78, 5) is 11.0. The average Bonchev–Trinajstić information content (AvgIpc) is 2.75. The fourth-order valence-corrected chi connectivity index (χ4v) is 3.80. The molecule has 3 rings (SSSR count). The van der Waals surface area contributed by atoms with Gasteiger partial charge >= 0.3 is 0 Å². The van der Waals surface area contributed by atoms with Crippen LogP contribution in [0.4, 0.5) is 5.13 Å². The Morgan fingerprint density at radius 3 is 2.76 bits per heavy atom. The van der Waals surface area contributed by atoms with Crippen LogP contribution in [0.2, 0.25) is 0 Å². The number of piperazine rings is 1. The van der Waals surface area contributed by atoms with E-state index in [0.29, 0.717) is 0 Å². The maximum absolute atomic E-state index is 6.13. The minimum Gasteiger partial charge on any atom is -0.346 e. The molecule has 1 atom stereocenters. The number of nitrogens with zero attached hydrogens (tertiary/aromatic N) is 3. The van der Waals surface area contributed by atoms with Crippen LogP contribution in [0.15, 0.2) is 0 Å². The third kappa shape index (κ3) is 2.19. The molecule has 5 heteroatoms. The zero-order valence-electron chi connectivity index (χ0n) is 10.4. The Bertz CT molecular complexity index is 395. The maximum Gasteiger partial charge on any atom is 0.185 e. The third-order valence-electron chi connectivity index (χ3n) is 3.76. The smallest absolute Gasteiger partial charge is 0.185 e. The number of hydrogen-bond donors (Lipinski definition) is 1. The van der Waals surface area contributed by atoms with E-state index in [9.17, 15) is 0 Å². The standard InChI is InChI=1S/C12H20N4S/c1-15-5-7-16(8-6-15)12-14-11-9(13)3-2-4-10(11)17-12/h9H,2-8,13H2,1H3. The van der Waals surface area contributed by atoms with Crippen molar-refractivity contribution in [1.29, 1.82) is 0 Å². The number of aryl methyl sites for hydroxylation is 1. The molecule has 1 aromatic heterocycles. The van der Waals surface area contributed by atoms with Crippen molar-refractivity contribution in [3.8, 4) is 0 Å². The van der Waals surface area contributed by atoms with Crippen molar-refractivity contribution in [1.82, 2.24) is 9.88 Å². The molecule has 1 aromatic rings. The molecular formula is C12H20N4S. The van der Waals surface area contributed by atoms with Gasteiger partial charge in [-0.2, -0.15) is 0 Å². The van der Waals surface area contributed by atoms with E-state index in [0.717, 1.165) is 32.6 Å². The van der Waals surface area contributed by atoms with Crippen LogP contribution in [0.1, 0.15) is 29.5 Å². The molecule has 17 heavy (non-hydrogen) atoms. The summed E-state index contributed by atoms with van der Waals surface area (Å²) >= 11 is 1.86. The number of thiazole rings is 1. The SMILES string of the molecule is CN1CCN(c2nc3c(s2)CCCC3N)CC1. The minimum absolute atomic E-state index is 0.177. The molecule has 0 spiro atoms. The molecule has 0 bridgehead atoms. The molecule has 1 saturated heterocycles. The number of fused-ring (bicyclic) bond motifs is 1. The number of nitrogens with two attached hydrogens (primary N) is 1. The molecule has 2 heterocycles. The second-order valence-electron chi connectivity index (χ2n) is 5.09. The van der Waals surface area contributed by atoms with E-state index in [1.54, 1.807) is 0 Å². The van der Waals surface area contributed by atoms with Crippen molar-refractivity contribution in [3.05, 3.63) is 10.6 Å². The van der Waals surface area contributed by atoms with Crippen LogP contribution in [0.5, 0.6) is 0 Å². The first-order chi connectivity index (χ1) is 8.24. The van der Waals surface area contributed by atoms with Gasteiger partial charge in [0.2, 0.25) is 0 Å². The number of likely N-dealkylation sites (N-methyl/N-ethyl adjacent to an activating group) is 1. The van der Waals surface area contributed by atoms with Crippen LogP contribution in [-0.2, 0) is 6.42 Å². The van der Waals surface area contributed by atoms with E-state index in [1.807, 2.05) is 11.3 Å². The van der Waals surface area contributed by atoms with Crippen LogP contribution >= 0.6 is 11.3 Å². The lowest BCUT2D eigenvalue weighted by molar-refractivity contribution is 0.312. The Morgan fingerprint density at radius 1 is 1.29 bits per heavy atom. The third-order valence-corrected chi connectivity index (χ3v) is 4.95. The lowest BCUT2D eigenvalue weighted by Crippen LogP contribution is -2.44. The molecule has 1 fully saturated rings. The van der Waals surface area contributed by atoms with Gasteiger partial charge in [-0.05, 0) is 26.3 Å². The zero-order chi connectivity index (χ0) is 11.8. The van der Waals surface area contributed by atoms with E-state index < -0.39 is 0 Å². The average molecular weight is 252 g/mol. The van der Waals surface area contributed by atoms with Gasteiger partial charge in [0, 0.05) is 37.1 Å². The molecule has 0 aromatic carbocycles. The molecule has 2 aliphatic rings. The van der Waals surface area contributed by atoms with Crippen molar-refractivity contribution in [2.45, 2.75) is 25.3 Å². The molecule has 1 aliphatic carbocycles. The minimum atomic E-state index is 0.177. The number of aromatic nitrogens is 1. The molecular weight excluding hydrogens is 232 g/mol. The Kier molecular flexibility index (Phi) is 3.06. The highest BCUT2D eigenvalue weighted by molar-refractivity contribution is 7.15. The molecule has 0 saturated carbocycles. The van der Waals surface area contributed by atoms with Gasteiger partial charge < -0.3 is 15.5 Å². The van der Waals surface area contributed by atoms with Crippen molar-refractivity contribution < 1.29 is 0 Å². The van der Waals surface area contributed by atoms with Crippen LogP contribution in [0.3, 0.4) is 0 Å². The highest BCUT2D eigenvalue weighted by atomic mass is 32.1. The van der Waals surface area contributed by atoms with Gasteiger partial charge in [-0.1, -0.05) is 0 Å². The summed E-state index contributed by atoms with van der Waals surface area (Å²) in [6, 6.07) is 0.177. The fourth-order valence-electron chi connectivity index (χ4n) is 2.57. The maximum atomic E-state index is 6.13. The monoisotopic (exact) mass is 252 g/mol. The predicted molar refractivity (Wildman–Crippen MR) is 71.7 cm³/mol. The highest BCUT2D eigenvalue weighted by Crippen LogP contribution is 2.35. The van der Waals surface area contributed by atoms with Crippen LogP contribution < -0.4 is 10.6 Å². The summed E-state index contributed by atoms with van der Waals surface area (Å²) in [5, 5.41) is 1.19. The topological polar surface area (TPSA) is 45.4 Å². The first kappa shape index (κ1) is 11.4. The summed E-state index contributed by atoms with van der Waals surface area (Å²) in [7, 11) is 2.18. The van der Waals surface area contributed by atoms with Gasteiger partial charge in [0.05, 0.1) is 5.69 Å². The Hall–Kier alpha value is -0.650. The molecule has 0 amide bonds. The van der Waals surface area contributed by atoms with Crippen molar-refractivity contribution in [2.75, 3.05) is 38.1 Å². The lowest BCUT2D eigenvalue weighted by atomic mass is 9.99. The fraction of sp³-hybridized carbons (Fsp3) is 0.750. The molecule has 0 radical (unpaired) electrons. The molecule has 2 N–H and O–H groups in total. The second-order valence-corrected chi connectivity index (χ2v) is 6.16. The molecule has 94 valence electrons. The van der Waals surface area contributed by atoms with E-state index in [-0.39, 0.29) is 6.04 Å². The molecule has 4 nitrogen and oxygen atoms in total. The Morgan fingerprint density at radius 2 is 2.06 bits per heavy atom. The first-order valence-corrected chi connectivity index (χ1v) is 7.24. The van der Waals surface area contributed by atoms with Crippen molar-refractivity contribution >= 4 is 16.5 Å². The van der Waals surface area contributed by atoms with Gasteiger partial charge in [-0.25, -0.2) is 4.98 Å². The molecule has 1 unspecified atom stereocenters. The van der Waals surface area contributed by atoms with Crippen molar-refractivity contribution in [2.24, 2.45) is 5.73 Å². The number of anilines is 1. The largest absolute Gasteiger partial charge is 0.346 e. The summed E-state index contributed by atoms with van der Waals surface area (Å²) in [5.74, 6) is 0.